The molecule has 4 amide bonds. The van der Waals surface area contributed by atoms with E-state index in [9.17, 15) is 24.0 Å². The van der Waals surface area contributed by atoms with Crippen LogP contribution in [0.5, 0.6) is 0 Å². The second-order valence-electron chi connectivity index (χ2n) is 11.8. The van der Waals surface area contributed by atoms with E-state index in [0.717, 1.165) is 12.0 Å². The molecule has 1 aliphatic heterocycles. The number of nitrogens with zero attached hydrogens (tertiary/aromatic N) is 1. The lowest BCUT2D eigenvalue weighted by Crippen LogP contribution is -2.53. The van der Waals surface area contributed by atoms with Crippen molar-refractivity contribution in [2.45, 2.75) is 78.3 Å². The number of amides is 4. The van der Waals surface area contributed by atoms with Crippen LogP contribution in [0, 0.1) is 29.6 Å². The van der Waals surface area contributed by atoms with Gasteiger partial charge in [-0.25, -0.2) is 0 Å². The molecule has 6 atom stereocenters. The van der Waals surface area contributed by atoms with E-state index in [4.69, 9.17) is 0 Å². The van der Waals surface area contributed by atoms with E-state index in [0.29, 0.717) is 25.8 Å². The number of hydrogen-bond donors (Lipinski definition) is 2. The van der Waals surface area contributed by atoms with Gasteiger partial charge in [0.2, 0.25) is 23.6 Å². The number of allylic oxidation sites excluding steroid dienone is 2. The van der Waals surface area contributed by atoms with Gasteiger partial charge in [-0.05, 0) is 56.4 Å². The zero-order valence-corrected chi connectivity index (χ0v) is 23.4. The molecule has 1 aromatic carbocycles. The summed E-state index contributed by atoms with van der Waals surface area (Å²) < 4.78 is 0. The second kappa shape index (κ2) is 12.3. The van der Waals surface area contributed by atoms with E-state index in [2.05, 4.69) is 23.6 Å². The average Bonchev–Trinajstić information content (AvgIpc) is 3.53. The SMILES string of the molecule is CC1=CC2CC1C1C(=O)N(CCCCCC(=O)NC(C(=O)N[C@@H](C)C(=O)Cc3ccccc3)C(C)C)C(=O)C21. The average molecular weight is 536 g/mol. The van der Waals surface area contributed by atoms with Crippen LogP contribution in [0.15, 0.2) is 42.0 Å². The number of rotatable bonds is 13. The minimum Gasteiger partial charge on any atom is -0.345 e. The Morgan fingerprint density at radius 1 is 0.949 bits per heavy atom. The third-order valence-corrected chi connectivity index (χ3v) is 8.59. The van der Waals surface area contributed by atoms with Crippen LogP contribution in [0.2, 0.25) is 0 Å². The van der Waals surface area contributed by atoms with Crippen molar-refractivity contribution in [3.8, 4) is 0 Å². The Balaban J connectivity index is 1.17. The highest BCUT2D eigenvalue weighted by Gasteiger charge is 2.60. The van der Waals surface area contributed by atoms with E-state index in [-0.39, 0.29) is 71.8 Å². The zero-order valence-electron chi connectivity index (χ0n) is 23.4. The lowest BCUT2D eigenvalue weighted by molar-refractivity contribution is -0.141. The molecule has 2 N–H and O–H groups in total. The number of nitrogens with one attached hydrogen (secondary N) is 2. The van der Waals surface area contributed by atoms with Gasteiger partial charge in [0.1, 0.15) is 6.04 Å². The normalized spacial score (nSPS) is 24.9. The molecule has 39 heavy (non-hydrogen) atoms. The molecule has 1 saturated heterocycles. The number of ketones is 1. The molecular formula is C31H41N3O5. The van der Waals surface area contributed by atoms with Crippen LogP contribution in [0.4, 0.5) is 0 Å². The molecule has 2 aliphatic carbocycles. The molecule has 1 heterocycles. The molecule has 4 rings (SSSR count). The van der Waals surface area contributed by atoms with E-state index < -0.39 is 12.1 Å². The lowest BCUT2D eigenvalue weighted by Gasteiger charge is -2.24. The number of benzene rings is 1. The molecule has 3 aliphatic rings. The Hall–Kier alpha value is -3.29. The van der Waals surface area contributed by atoms with Crippen molar-refractivity contribution in [2.75, 3.05) is 6.54 Å². The monoisotopic (exact) mass is 535 g/mol. The molecule has 0 radical (unpaired) electrons. The van der Waals surface area contributed by atoms with E-state index >= 15 is 0 Å². The number of Topliss-reactive ketones (excluding diaryl/α,β-unsaturated/α-hetero) is 1. The highest BCUT2D eigenvalue weighted by atomic mass is 16.2. The number of carbonyl (C=O) groups is 5. The highest BCUT2D eigenvalue weighted by Crippen LogP contribution is 2.55. The van der Waals surface area contributed by atoms with E-state index in [1.807, 2.05) is 44.2 Å². The summed E-state index contributed by atoms with van der Waals surface area (Å²) in [6.07, 6.45) is 5.54. The molecule has 5 unspecified atom stereocenters. The van der Waals surface area contributed by atoms with Crippen LogP contribution in [0.25, 0.3) is 0 Å². The smallest absolute Gasteiger partial charge is 0.243 e. The van der Waals surface area contributed by atoms with Crippen molar-refractivity contribution in [3.05, 3.63) is 47.5 Å². The third-order valence-electron chi connectivity index (χ3n) is 8.59. The molecule has 8 nitrogen and oxygen atoms in total. The fourth-order valence-corrected chi connectivity index (χ4v) is 6.40. The van der Waals surface area contributed by atoms with Crippen LogP contribution in [0.1, 0.15) is 65.4 Å². The Morgan fingerprint density at radius 3 is 2.33 bits per heavy atom. The Labute approximate surface area is 231 Å². The second-order valence-corrected chi connectivity index (χ2v) is 11.8. The fraction of sp³-hybridized carbons (Fsp3) is 0.581. The van der Waals surface area contributed by atoms with Crippen LogP contribution in [-0.2, 0) is 30.4 Å². The van der Waals surface area contributed by atoms with E-state index in [1.165, 1.54) is 10.5 Å². The maximum absolute atomic E-state index is 12.9. The summed E-state index contributed by atoms with van der Waals surface area (Å²) in [7, 11) is 0. The number of imide groups is 1. The zero-order chi connectivity index (χ0) is 28.3. The summed E-state index contributed by atoms with van der Waals surface area (Å²) in [6, 6.07) is 7.96. The molecule has 2 bridgehead atoms. The van der Waals surface area contributed by atoms with Gasteiger partial charge < -0.3 is 10.6 Å². The predicted octanol–water partition coefficient (Wildman–Crippen LogP) is 3.20. The first-order valence-electron chi connectivity index (χ1n) is 14.3. The maximum Gasteiger partial charge on any atom is 0.243 e. The van der Waals surface area contributed by atoms with Gasteiger partial charge in [-0.3, -0.25) is 28.9 Å². The Bertz CT molecular complexity index is 1140. The standard InChI is InChI=1S/C31H41N3O5/c1-18(2)28(29(37)32-20(4)24(35)16-21-11-7-5-8-12-21)33-25(36)13-9-6-10-14-34-30(38)26-22-15-19(3)23(17-22)27(26)31(34)39/h5,7-8,11-12,15,18,20,22-23,26-28H,6,9-10,13-14,16-17H2,1-4H3,(H,32,37)(H,33,36)/t20-,22?,23?,26?,27?,28?/m0/s1. The number of likely N-dealkylation sites (tertiary alicyclic amines) is 1. The number of unbranched alkanes of at least 4 members (excludes halogenated alkanes) is 2. The van der Waals surface area contributed by atoms with Gasteiger partial charge in [-0.2, -0.15) is 0 Å². The largest absolute Gasteiger partial charge is 0.345 e. The first kappa shape index (κ1) is 28.7. The third kappa shape index (κ3) is 6.31. The first-order chi connectivity index (χ1) is 18.6. The van der Waals surface area contributed by atoms with Crippen molar-refractivity contribution < 1.29 is 24.0 Å². The summed E-state index contributed by atoms with van der Waals surface area (Å²) in [5.41, 5.74) is 2.13. The van der Waals surface area contributed by atoms with Gasteiger partial charge >= 0.3 is 0 Å². The van der Waals surface area contributed by atoms with Crippen molar-refractivity contribution in [3.63, 3.8) is 0 Å². The molecule has 8 heteroatoms. The van der Waals surface area contributed by atoms with Crippen LogP contribution in [-0.4, -0.2) is 52.9 Å². The van der Waals surface area contributed by atoms with Crippen molar-refractivity contribution in [1.82, 2.24) is 15.5 Å². The molecule has 0 aromatic heterocycles. The van der Waals surface area contributed by atoms with Crippen molar-refractivity contribution in [1.29, 1.82) is 0 Å². The molecule has 210 valence electrons. The minimum atomic E-state index is -0.740. The quantitative estimate of drug-likeness (QED) is 0.229. The summed E-state index contributed by atoms with van der Waals surface area (Å²) in [5, 5.41) is 5.57. The summed E-state index contributed by atoms with van der Waals surface area (Å²) in [6.45, 7) is 7.82. The predicted molar refractivity (Wildman–Crippen MR) is 147 cm³/mol. The first-order valence-corrected chi connectivity index (χ1v) is 14.3. The minimum absolute atomic E-state index is 0.0232. The Morgan fingerprint density at radius 2 is 1.64 bits per heavy atom. The van der Waals surface area contributed by atoms with Crippen molar-refractivity contribution >= 4 is 29.4 Å². The van der Waals surface area contributed by atoms with Gasteiger partial charge in [-0.1, -0.05) is 62.2 Å². The van der Waals surface area contributed by atoms with Gasteiger partial charge in [-0.15, -0.1) is 0 Å². The molecule has 1 saturated carbocycles. The van der Waals surface area contributed by atoms with Gasteiger partial charge in [0, 0.05) is 19.4 Å². The van der Waals surface area contributed by atoms with E-state index in [1.54, 1.807) is 6.92 Å². The van der Waals surface area contributed by atoms with Gasteiger partial charge in [0.05, 0.1) is 17.9 Å². The van der Waals surface area contributed by atoms with Crippen LogP contribution in [0.3, 0.4) is 0 Å². The molecule has 1 aromatic rings. The Kier molecular flexibility index (Phi) is 9.03. The number of hydrogen-bond acceptors (Lipinski definition) is 5. The fourth-order valence-electron chi connectivity index (χ4n) is 6.40. The maximum atomic E-state index is 12.9. The number of carbonyl (C=O) groups excluding carboxylic acids is 5. The molecule has 0 spiro atoms. The van der Waals surface area contributed by atoms with Gasteiger partial charge in [0.25, 0.3) is 0 Å². The van der Waals surface area contributed by atoms with Crippen molar-refractivity contribution in [2.24, 2.45) is 29.6 Å². The lowest BCUT2D eigenvalue weighted by atomic mass is 9.82. The molecule has 2 fully saturated rings. The highest BCUT2D eigenvalue weighted by molar-refractivity contribution is 6.06. The topological polar surface area (TPSA) is 113 Å². The summed E-state index contributed by atoms with van der Waals surface area (Å²) >= 11 is 0. The van der Waals surface area contributed by atoms with Crippen LogP contribution < -0.4 is 10.6 Å². The number of fused-ring (bicyclic) bond motifs is 5. The van der Waals surface area contributed by atoms with Gasteiger partial charge in [0.15, 0.2) is 5.78 Å². The molecular weight excluding hydrogens is 494 g/mol. The summed E-state index contributed by atoms with van der Waals surface area (Å²) in [5.74, 6) is -0.808. The summed E-state index contributed by atoms with van der Waals surface area (Å²) in [4.78, 5) is 65.3. The van der Waals surface area contributed by atoms with Crippen LogP contribution >= 0.6 is 0 Å².